The summed E-state index contributed by atoms with van der Waals surface area (Å²) in [5.41, 5.74) is 2.48. The van der Waals surface area contributed by atoms with Crippen molar-refractivity contribution in [3.05, 3.63) is 34.0 Å². The van der Waals surface area contributed by atoms with Gasteiger partial charge in [0, 0.05) is 5.56 Å². The predicted octanol–water partition coefficient (Wildman–Crippen LogP) is 2.63. The van der Waals surface area contributed by atoms with Crippen LogP contribution in [0, 0.1) is 3.70 Å². The molecule has 0 saturated carbocycles. The first-order valence-electron chi connectivity index (χ1n) is 5.31. The average Bonchev–Trinajstić information content (AvgIpc) is 2.83. The van der Waals surface area contributed by atoms with Gasteiger partial charge in [0.2, 0.25) is 0 Å². The standard InChI is InChI=1S/C12H9IN4O/c1-18-10-8-9(7-5-3-2-4-6-7)14-16-12(8)17-15-11(10)13/h2-6H,1H3,(H,14,16,17). The van der Waals surface area contributed by atoms with Crippen LogP contribution in [-0.4, -0.2) is 27.5 Å². The molecule has 3 rings (SSSR count). The number of fused-ring (bicyclic) bond motifs is 1. The van der Waals surface area contributed by atoms with Gasteiger partial charge in [-0.05, 0) is 22.6 Å². The van der Waals surface area contributed by atoms with Crippen molar-refractivity contribution in [2.75, 3.05) is 7.11 Å². The number of nitrogens with one attached hydrogen (secondary N) is 1. The van der Waals surface area contributed by atoms with Gasteiger partial charge in [0.25, 0.3) is 0 Å². The third-order valence-electron chi connectivity index (χ3n) is 2.65. The summed E-state index contributed by atoms with van der Waals surface area (Å²) in [5.74, 6) is 0.702. The smallest absolute Gasteiger partial charge is 0.182 e. The minimum absolute atomic E-state index is 0.631. The normalized spacial score (nSPS) is 10.8. The van der Waals surface area contributed by atoms with Crippen LogP contribution in [0.5, 0.6) is 5.75 Å². The van der Waals surface area contributed by atoms with Gasteiger partial charge in [0.05, 0.1) is 12.5 Å². The van der Waals surface area contributed by atoms with E-state index < -0.39 is 0 Å². The summed E-state index contributed by atoms with van der Waals surface area (Å²) in [6.45, 7) is 0. The van der Waals surface area contributed by atoms with E-state index in [9.17, 15) is 0 Å². The molecule has 0 aliphatic carbocycles. The molecule has 0 spiro atoms. The second-order valence-corrected chi connectivity index (χ2v) is 4.71. The van der Waals surface area contributed by atoms with E-state index in [0.29, 0.717) is 11.4 Å². The molecule has 5 nitrogen and oxygen atoms in total. The van der Waals surface area contributed by atoms with E-state index in [2.05, 4.69) is 43.0 Å². The van der Waals surface area contributed by atoms with E-state index in [4.69, 9.17) is 4.74 Å². The number of halogens is 1. The van der Waals surface area contributed by atoms with Gasteiger partial charge in [-0.3, -0.25) is 5.10 Å². The zero-order chi connectivity index (χ0) is 12.5. The molecule has 18 heavy (non-hydrogen) atoms. The molecule has 3 aromatic rings. The topological polar surface area (TPSA) is 63.7 Å². The Morgan fingerprint density at radius 3 is 2.67 bits per heavy atom. The number of ether oxygens (including phenoxy) is 1. The van der Waals surface area contributed by atoms with E-state index in [1.807, 2.05) is 30.3 Å². The van der Waals surface area contributed by atoms with Crippen molar-refractivity contribution >= 4 is 33.6 Å². The Labute approximate surface area is 117 Å². The van der Waals surface area contributed by atoms with E-state index in [-0.39, 0.29) is 0 Å². The fraction of sp³-hybridized carbons (Fsp3) is 0.0833. The molecule has 0 radical (unpaired) electrons. The van der Waals surface area contributed by atoms with Gasteiger partial charge in [-0.15, -0.1) is 10.2 Å². The maximum atomic E-state index is 5.41. The van der Waals surface area contributed by atoms with Gasteiger partial charge < -0.3 is 4.74 Å². The zero-order valence-corrected chi connectivity index (χ0v) is 11.7. The van der Waals surface area contributed by atoms with Crippen LogP contribution in [0.15, 0.2) is 30.3 Å². The maximum Gasteiger partial charge on any atom is 0.182 e. The second-order valence-electron chi connectivity index (χ2n) is 3.69. The Morgan fingerprint density at radius 1 is 1.17 bits per heavy atom. The Morgan fingerprint density at radius 2 is 1.94 bits per heavy atom. The Hall–Kier alpha value is -1.70. The summed E-state index contributed by atoms with van der Waals surface area (Å²) in [6, 6.07) is 9.92. The molecule has 0 aliphatic heterocycles. The van der Waals surface area contributed by atoms with Crippen molar-refractivity contribution in [1.29, 1.82) is 0 Å². The first-order valence-corrected chi connectivity index (χ1v) is 6.39. The molecule has 1 N–H and O–H groups in total. The number of methoxy groups -OCH3 is 1. The van der Waals surface area contributed by atoms with Crippen molar-refractivity contribution in [3.8, 4) is 17.0 Å². The van der Waals surface area contributed by atoms with Crippen LogP contribution < -0.4 is 4.74 Å². The summed E-state index contributed by atoms with van der Waals surface area (Å²) < 4.78 is 6.13. The zero-order valence-electron chi connectivity index (χ0n) is 9.51. The lowest BCUT2D eigenvalue weighted by molar-refractivity contribution is 0.413. The highest BCUT2D eigenvalue weighted by molar-refractivity contribution is 14.1. The third-order valence-corrected chi connectivity index (χ3v) is 3.36. The monoisotopic (exact) mass is 352 g/mol. The molecular weight excluding hydrogens is 343 g/mol. The molecular formula is C12H9IN4O. The minimum atomic E-state index is 0.631. The molecule has 1 aromatic carbocycles. The Balaban J connectivity index is 2.34. The number of hydrogen-bond acceptors (Lipinski definition) is 4. The Bertz CT molecular complexity index is 696. The fourth-order valence-corrected chi connectivity index (χ4v) is 2.45. The van der Waals surface area contributed by atoms with Crippen molar-refractivity contribution in [2.45, 2.75) is 0 Å². The first kappa shape index (κ1) is 11.4. The minimum Gasteiger partial charge on any atom is -0.493 e. The lowest BCUT2D eigenvalue weighted by atomic mass is 10.1. The van der Waals surface area contributed by atoms with Crippen LogP contribution in [0.4, 0.5) is 0 Å². The van der Waals surface area contributed by atoms with E-state index in [1.54, 1.807) is 7.11 Å². The van der Waals surface area contributed by atoms with Gasteiger partial charge in [0.15, 0.2) is 15.1 Å². The Kier molecular flexibility index (Phi) is 2.86. The molecule has 2 heterocycles. The molecule has 0 atom stereocenters. The number of aromatic amines is 1. The molecule has 0 aliphatic rings. The van der Waals surface area contributed by atoms with Crippen molar-refractivity contribution < 1.29 is 4.74 Å². The number of H-pyrrole nitrogens is 1. The van der Waals surface area contributed by atoms with Crippen LogP contribution in [0.1, 0.15) is 0 Å². The van der Waals surface area contributed by atoms with E-state index in [1.165, 1.54) is 0 Å². The van der Waals surface area contributed by atoms with Crippen LogP contribution in [-0.2, 0) is 0 Å². The highest BCUT2D eigenvalue weighted by Crippen LogP contribution is 2.34. The SMILES string of the molecule is COc1c(I)nnc2[nH]nc(-c3ccccc3)c12. The molecule has 0 fully saturated rings. The van der Waals surface area contributed by atoms with Crippen molar-refractivity contribution in [2.24, 2.45) is 0 Å². The molecule has 0 saturated heterocycles. The molecule has 2 aromatic heterocycles. The average molecular weight is 352 g/mol. The largest absolute Gasteiger partial charge is 0.493 e. The van der Waals surface area contributed by atoms with Crippen LogP contribution in [0.2, 0.25) is 0 Å². The quantitative estimate of drug-likeness (QED) is 0.721. The summed E-state index contributed by atoms with van der Waals surface area (Å²) in [4.78, 5) is 0. The second kappa shape index (κ2) is 4.52. The van der Waals surface area contributed by atoms with Crippen LogP contribution >= 0.6 is 22.6 Å². The third kappa shape index (κ3) is 1.72. The van der Waals surface area contributed by atoms with Gasteiger partial charge in [-0.1, -0.05) is 30.3 Å². The van der Waals surface area contributed by atoms with Crippen molar-refractivity contribution in [1.82, 2.24) is 20.4 Å². The van der Waals surface area contributed by atoms with E-state index in [0.717, 1.165) is 20.3 Å². The van der Waals surface area contributed by atoms with Gasteiger partial charge in [-0.25, -0.2) is 0 Å². The number of aromatic nitrogens is 4. The molecule has 0 amide bonds. The van der Waals surface area contributed by atoms with Crippen LogP contribution in [0.25, 0.3) is 22.3 Å². The lowest BCUT2D eigenvalue weighted by Crippen LogP contribution is -1.94. The molecule has 0 bridgehead atoms. The molecule has 0 unspecified atom stereocenters. The van der Waals surface area contributed by atoms with Gasteiger partial charge in [-0.2, -0.15) is 5.10 Å². The number of hydrogen-bond donors (Lipinski definition) is 1. The predicted molar refractivity (Wildman–Crippen MR) is 76.4 cm³/mol. The van der Waals surface area contributed by atoms with Crippen molar-refractivity contribution in [3.63, 3.8) is 0 Å². The van der Waals surface area contributed by atoms with Crippen LogP contribution in [0.3, 0.4) is 0 Å². The summed E-state index contributed by atoms with van der Waals surface area (Å²) in [7, 11) is 1.63. The summed E-state index contributed by atoms with van der Waals surface area (Å²) in [5, 5.41) is 16.2. The molecule has 90 valence electrons. The van der Waals surface area contributed by atoms with E-state index >= 15 is 0 Å². The summed E-state index contributed by atoms with van der Waals surface area (Å²) in [6.07, 6.45) is 0. The van der Waals surface area contributed by atoms with Gasteiger partial charge in [0.1, 0.15) is 5.69 Å². The number of nitrogens with zero attached hydrogens (tertiary/aromatic N) is 3. The number of rotatable bonds is 2. The highest BCUT2D eigenvalue weighted by Gasteiger charge is 2.17. The molecule has 6 heteroatoms. The number of benzene rings is 1. The fourth-order valence-electron chi connectivity index (χ4n) is 1.85. The highest BCUT2D eigenvalue weighted by atomic mass is 127. The summed E-state index contributed by atoms with van der Waals surface area (Å²) >= 11 is 2.10. The first-order chi connectivity index (χ1) is 8.81. The lowest BCUT2D eigenvalue weighted by Gasteiger charge is -2.04. The van der Waals surface area contributed by atoms with Gasteiger partial charge >= 0.3 is 0 Å². The maximum absolute atomic E-state index is 5.41.